The summed E-state index contributed by atoms with van der Waals surface area (Å²) in [7, 11) is 0. The minimum absolute atomic E-state index is 0.227. The van der Waals surface area contributed by atoms with E-state index >= 15 is 0 Å². The van der Waals surface area contributed by atoms with Crippen molar-refractivity contribution in [2.45, 2.75) is 20.8 Å². The predicted octanol–water partition coefficient (Wildman–Crippen LogP) is 3.40. The number of aromatic nitrogens is 4. The van der Waals surface area contributed by atoms with Gasteiger partial charge in [0.2, 0.25) is 0 Å². The summed E-state index contributed by atoms with van der Waals surface area (Å²) in [6.45, 7) is 5.45. The molecule has 6 nitrogen and oxygen atoms in total. The van der Waals surface area contributed by atoms with Gasteiger partial charge in [0.1, 0.15) is 17.2 Å². The topological polar surface area (TPSA) is 83.7 Å². The van der Waals surface area contributed by atoms with E-state index in [1.54, 1.807) is 32.2 Å². The van der Waals surface area contributed by atoms with Crippen LogP contribution in [0.3, 0.4) is 0 Å². The lowest BCUT2D eigenvalue weighted by atomic mass is 9.99. The van der Waals surface area contributed by atoms with Gasteiger partial charge in [0.15, 0.2) is 0 Å². The smallest absolute Gasteiger partial charge is 0.342 e. The standard InChI is InChI=1S/C17H17FN4O2/c1-4-24-17(23)13-10(3)21-22-15(13)14-11(6-5-7-12(14)18)16-19-8-9(2)20-16/h5-8H,4H2,1-3H3,(H,19,20)(H,21,22). The van der Waals surface area contributed by atoms with Crippen molar-refractivity contribution in [2.75, 3.05) is 6.61 Å². The molecule has 2 aromatic heterocycles. The molecule has 0 saturated carbocycles. The van der Waals surface area contributed by atoms with E-state index in [9.17, 15) is 9.18 Å². The van der Waals surface area contributed by atoms with Crippen LogP contribution in [0.25, 0.3) is 22.6 Å². The molecule has 0 aliphatic rings. The average molecular weight is 328 g/mol. The lowest BCUT2D eigenvalue weighted by Gasteiger charge is -2.09. The van der Waals surface area contributed by atoms with Crippen molar-refractivity contribution in [1.82, 2.24) is 20.2 Å². The first kappa shape index (κ1) is 15.9. The highest BCUT2D eigenvalue weighted by Gasteiger charge is 2.25. The Bertz CT molecular complexity index is 898. The Labute approximate surface area is 138 Å². The van der Waals surface area contributed by atoms with Crippen LogP contribution >= 0.6 is 0 Å². The Morgan fingerprint density at radius 2 is 2.12 bits per heavy atom. The Morgan fingerprint density at radius 3 is 2.79 bits per heavy atom. The number of imidazole rings is 1. The van der Waals surface area contributed by atoms with E-state index in [1.165, 1.54) is 6.07 Å². The van der Waals surface area contributed by atoms with Crippen LogP contribution in [0.2, 0.25) is 0 Å². The van der Waals surface area contributed by atoms with Gasteiger partial charge in [-0.1, -0.05) is 12.1 Å². The van der Waals surface area contributed by atoms with Crippen LogP contribution in [0.15, 0.2) is 24.4 Å². The molecule has 0 atom stereocenters. The fourth-order valence-electron chi connectivity index (χ4n) is 2.59. The monoisotopic (exact) mass is 328 g/mol. The van der Waals surface area contributed by atoms with Crippen LogP contribution in [0, 0.1) is 19.7 Å². The number of carbonyl (C=O) groups is 1. The summed E-state index contributed by atoms with van der Waals surface area (Å²) in [6, 6.07) is 4.67. The van der Waals surface area contributed by atoms with Gasteiger partial charge < -0.3 is 9.72 Å². The van der Waals surface area contributed by atoms with Gasteiger partial charge in [0.05, 0.1) is 23.7 Å². The second kappa shape index (κ2) is 6.27. The van der Waals surface area contributed by atoms with Crippen molar-refractivity contribution < 1.29 is 13.9 Å². The number of nitrogens with zero attached hydrogens (tertiary/aromatic N) is 2. The van der Waals surface area contributed by atoms with E-state index in [4.69, 9.17) is 4.74 Å². The van der Waals surface area contributed by atoms with Crippen molar-refractivity contribution in [3.63, 3.8) is 0 Å². The maximum absolute atomic E-state index is 14.6. The van der Waals surface area contributed by atoms with Gasteiger partial charge in [0.25, 0.3) is 0 Å². The molecule has 0 saturated heterocycles. The van der Waals surface area contributed by atoms with Gasteiger partial charge in [-0.2, -0.15) is 5.10 Å². The molecule has 0 fully saturated rings. The van der Waals surface area contributed by atoms with Crippen LogP contribution in [-0.4, -0.2) is 32.7 Å². The summed E-state index contributed by atoms with van der Waals surface area (Å²) in [6.07, 6.45) is 1.73. The summed E-state index contributed by atoms with van der Waals surface area (Å²) in [5, 5.41) is 6.81. The fourth-order valence-corrected chi connectivity index (χ4v) is 2.59. The lowest BCUT2D eigenvalue weighted by molar-refractivity contribution is 0.0526. The number of benzene rings is 1. The number of aryl methyl sites for hydroxylation is 2. The molecule has 0 spiro atoms. The zero-order valence-corrected chi connectivity index (χ0v) is 13.6. The SMILES string of the molecule is CCOC(=O)c1c(C)n[nH]c1-c1c(F)cccc1-c1nc(C)c[nH]1. The maximum Gasteiger partial charge on any atom is 0.342 e. The fraction of sp³-hybridized carbons (Fsp3) is 0.235. The lowest BCUT2D eigenvalue weighted by Crippen LogP contribution is -2.07. The molecular weight excluding hydrogens is 311 g/mol. The largest absolute Gasteiger partial charge is 0.462 e. The third kappa shape index (κ3) is 2.68. The van der Waals surface area contributed by atoms with Crippen LogP contribution in [0.1, 0.15) is 28.7 Å². The van der Waals surface area contributed by atoms with Gasteiger partial charge in [0, 0.05) is 17.3 Å². The van der Waals surface area contributed by atoms with E-state index in [-0.39, 0.29) is 23.4 Å². The number of esters is 1. The zero-order valence-electron chi connectivity index (χ0n) is 13.6. The number of aromatic amines is 2. The van der Waals surface area contributed by atoms with Crippen molar-refractivity contribution >= 4 is 5.97 Å². The summed E-state index contributed by atoms with van der Waals surface area (Å²) in [4.78, 5) is 19.6. The molecule has 0 amide bonds. The van der Waals surface area contributed by atoms with Crippen LogP contribution in [-0.2, 0) is 4.74 Å². The molecule has 7 heteroatoms. The second-order valence-electron chi connectivity index (χ2n) is 5.33. The van der Waals surface area contributed by atoms with Crippen LogP contribution < -0.4 is 0 Å². The first-order valence-electron chi connectivity index (χ1n) is 7.56. The quantitative estimate of drug-likeness (QED) is 0.719. The zero-order chi connectivity index (χ0) is 17.3. The highest BCUT2D eigenvalue weighted by molar-refractivity contribution is 5.99. The van der Waals surface area contributed by atoms with E-state index < -0.39 is 11.8 Å². The minimum atomic E-state index is -0.538. The minimum Gasteiger partial charge on any atom is -0.462 e. The van der Waals surface area contributed by atoms with Crippen molar-refractivity contribution in [3.8, 4) is 22.6 Å². The Morgan fingerprint density at radius 1 is 1.33 bits per heavy atom. The molecule has 0 radical (unpaired) electrons. The van der Waals surface area contributed by atoms with Gasteiger partial charge in [-0.3, -0.25) is 5.10 Å². The molecule has 0 aliphatic heterocycles. The molecule has 1 aromatic carbocycles. The van der Waals surface area contributed by atoms with Crippen molar-refractivity contribution in [1.29, 1.82) is 0 Å². The number of ether oxygens (including phenoxy) is 1. The van der Waals surface area contributed by atoms with Gasteiger partial charge in [-0.05, 0) is 26.8 Å². The molecule has 2 N–H and O–H groups in total. The Kier molecular flexibility index (Phi) is 4.16. The number of halogens is 1. The molecule has 2 heterocycles. The van der Waals surface area contributed by atoms with Crippen LogP contribution in [0.5, 0.6) is 0 Å². The molecule has 3 rings (SSSR count). The Balaban J connectivity index is 2.23. The summed E-state index contributed by atoms with van der Waals surface area (Å²) in [5.74, 6) is -0.497. The predicted molar refractivity (Wildman–Crippen MR) is 87.0 cm³/mol. The molecule has 0 bridgehead atoms. The van der Waals surface area contributed by atoms with Gasteiger partial charge in [-0.15, -0.1) is 0 Å². The first-order valence-corrected chi connectivity index (χ1v) is 7.56. The highest BCUT2D eigenvalue weighted by atomic mass is 19.1. The van der Waals surface area contributed by atoms with Crippen molar-refractivity contribution in [3.05, 3.63) is 47.2 Å². The molecular formula is C17H17FN4O2. The molecule has 0 aliphatic carbocycles. The molecule has 124 valence electrons. The number of hydrogen-bond donors (Lipinski definition) is 2. The number of nitrogens with one attached hydrogen (secondary N) is 2. The van der Waals surface area contributed by atoms with E-state index in [0.29, 0.717) is 17.1 Å². The highest BCUT2D eigenvalue weighted by Crippen LogP contribution is 2.34. The number of rotatable bonds is 4. The summed E-state index contributed by atoms with van der Waals surface area (Å²) >= 11 is 0. The van der Waals surface area contributed by atoms with Crippen LogP contribution in [0.4, 0.5) is 4.39 Å². The van der Waals surface area contributed by atoms with E-state index in [1.807, 2.05) is 6.92 Å². The third-order valence-corrected chi connectivity index (χ3v) is 3.65. The normalized spacial score (nSPS) is 10.8. The molecule has 0 unspecified atom stereocenters. The number of H-pyrrole nitrogens is 2. The molecule has 3 aromatic rings. The Hall–Kier alpha value is -2.96. The van der Waals surface area contributed by atoms with Gasteiger partial charge >= 0.3 is 5.97 Å². The van der Waals surface area contributed by atoms with E-state index in [0.717, 1.165) is 5.69 Å². The average Bonchev–Trinajstić information content (AvgIpc) is 3.13. The summed E-state index contributed by atoms with van der Waals surface area (Å²) in [5.41, 5.74) is 2.52. The number of hydrogen-bond acceptors (Lipinski definition) is 4. The van der Waals surface area contributed by atoms with E-state index in [2.05, 4.69) is 20.2 Å². The molecule has 24 heavy (non-hydrogen) atoms. The van der Waals surface area contributed by atoms with Gasteiger partial charge in [-0.25, -0.2) is 14.2 Å². The third-order valence-electron chi connectivity index (χ3n) is 3.65. The maximum atomic E-state index is 14.6. The number of carbonyl (C=O) groups excluding carboxylic acids is 1. The summed E-state index contributed by atoms with van der Waals surface area (Å²) < 4.78 is 19.7. The second-order valence-corrected chi connectivity index (χ2v) is 5.33. The first-order chi connectivity index (χ1) is 11.5. The van der Waals surface area contributed by atoms with Crippen molar-refractivity contribution in [2.24, 2.45) is 0 Å².